The number of aromatic nitrogens is 3. The molecule has 0 saturated heterocycles. The molecule has 0 aliphatic heterocycles. The molecule has 0 N–H and O–H groups in total. The molecule has 4 nitrogen and oxygen atoms in total. The van der Waals surface area contributed by atoms with Gasteiger partial charge in [0.1, 0.15) is 11.5 Å². The maximum absolute atomic E-state index is 13.2. The summed E-state index contributed by atoms with van der Waals surface area (Å²) in [4.78, 5) is 13.6. The highest BCUT2D eigenvalue weighted by Gasteiger charge is 2.33. The molecule has 142 valence electrons. The molecular weight excluding hydrogens is 421 g/mol. The monoisotopic (exact) mass is 438 g/mol. The van der Waals surface area contributed by atoms with Gasteiger partial charge >= 0.3 is 6.18 Å². The minimum atomic E-state index is -4.39. The van der Waals surface area contributed by atoms with Gasteiger partial charge in [-0.05, 0) is 60.0 Å². The molecule has 0 amide bonds. The Morgan fingerprint density at radius 3 is 2.59 bits per heavy atom. The standard InChI is InChI=1S/C19H18BrF3N4/c1-10-14(6-5-7-16(10)19(21,22)23)11(2)25-17-15-8-13(20)9-24-18(15)27(4)12(3)26-17/h5-9,11H,1-4H3/b25-17-/t11-/m1/s1. The first-order valence-corrected chi connectivity index (χ1v) is 9.08. The van der Waals surface area contributed by atoms with Gasteiger partial charge in [-0.3, -0.25) is 4.99 Å². The number of halogens is 4. The van der Waals surface area contributed by atoms with Crippen LogP contribution in [0.3, 0.4) is 0 Å². The molecule has 0 radical (unpaired) electrons. The van der Waals surface area contributed by atoms with Crippen LogP contribution in [0.15, 0.2) is 39.9 Å². The lowest BCUT2D eigenvalue weighted by atomic mass is 9.97. The van der Waals surface area contributed by atoms with E-state index in [2.05, 4.69) is 30.9 Å². The molecule has 0 saturated carbocycles. The summed E-state index contributed by atoms with van der Waals surface area (Å²) in [6.07, 6.45) is -2.71. The summed E-state index contributed by atoms with van der Waals surface area (Å²) in [5.74, 6) is 0.712. The van der Waals surface area contributed by atoms with Crippen molar-refractivity contribution in [1.29, 1.82) is 0 Å². The van der Waals surface area contributed by atoms with Gasteiger partial charge in [-0.15, -0.1) is 0 Å². The Hall–Kier alpha value is -2.22. The molecule has 27 heavy (non-hydrogen) atoms. The highest BCUT2D eigenvalue weighted by Crippen LogP contribution is 2.35. The van der Waals surface area contributed by atoms with Crippen molar-refractivity contribution in [2.45, 2.75) is 33.0 Å². The van der Waals surface area contributed by atoms with Gasteiger partial charge in [0.25, 0.3) is 0 Å². The van der Waals surface area contributed by atoms with Crippen LogP contribution in [0, 0.1) is 13.8 Å². The van der Waals surface area contributed by atoms with Gasteiger partial charge in [-0.1, -0.05) is 12.1 Å². The van der Waals surface area contributed by atoms with E-state index in [4.69, 9.17) is 0 Å². The number of alkyl halides is 3. The van der Waals surface area contributed by atoms with Gasteiger partial charge in [0, 0.05) is 17.7 Å². The van der Waals surface area contributed by atoms with Crippen LogP contribution in [0.1, 0.15) is 35.5 Å². The average molecular weight is 439 g/mol. The summed E-state index contributed by atoms with van der Waals surface area (Å²) in [5.41, 5.74) is 1.23. The van der Waals surface area contributed by atoms with Gasteiger partial charge < -0.3 is 4.57 Å². The molecule has 3 rings (SSSR count). The summed E-state index contributed by atoms with van der Waals surface area (Å²) < 4.78 is 42.3. The summed E-state index contributed by atoms with van der Waals surface area (Å²) in [6.45, 7) is 5.08. The summed E-state index contributed by atoms with van der Waals surface area (Å²) in [6, 6.07) is 5.54. The smallest absolute Gasteiger partial charge is 0.317 e. The predicted molar refractivity (Wildman–Crippen MR) is 101 cm³/mol. The van der Waals surface area contributed by atoms with Crippen LogP contribution in [0.25, 0.3) is 11.0 Å². The second-order valence-corrected chi connectivity index (χ2v) is 7.30. The lowest BCUT2D eigenvalue weighted by Crippen LogP contribution is -2.19. The number of fused-ring (bicyclic) bond motifs is 1. The van der Waals surface area contributed by atoms with Gasteiger partial charge in [-0.2, -0.15) is 13.2 Å². The summed E-state index contributed by atoms with van der Waals surface area (Å²) in [5, 5.41) is 0.731. The fourth-order valence-electron chi connectivity index (χ4n) is 3.07. The Labute approximate surface area is 162 Å². The highest BCUT2D eigenvalue weighted by molar-refractivity contribution is 9.10. The van der Waals surface area contributed by atoms with Gasteiger partial charge in [-0.25, -0.2) is 9.97 Å². The predicted octanol–water partition coefficient (Wildman–Crippen LogP) is 5.03. The van der Waals surface area contributed by atoms with Crippen molar-refractivity contribution in [3.63, 3.8) is 0 Å². The van der Waals surface area contributed by atoms with Crippen molar-refractivity contribution in [3.05, 3.63) is 62.9 Å². The average Bonchev–Trinajstić information content (AvgIpc) is 2.58. The van der Waals surface area contributed by atoms with Crippen molar-refractivity contribution in [2.24, 2.45) is 12.0 Å². The number of benzene rings is 1. The quantitative estimate of drug-likeness (QED) is 0.563. The normalized spacial score (nSPS) is 14.0. The van der Waals surface area contributed by atoms with E-state index in [-0.39, 0.29) is 5.56 Å². The zero-order chi connectivity index (χ0) is 19.9. The second-order valence-electron chi connectivity index (χ2n) is 6.39. The minimum Gasteiger partial charge on any atom is -0.317 e. The maximum atomic E-state index is 13.2. The van der Waals surface area contributed by atoms with Gasteiger partial charge in [0.15, 0.2) is 5.49 Å². The van der Waals surface area contributed by atoms with Crippen molar-refractivity contribution in [3.8, 4) is 0 Å². The molecule has 0 aliphatic carbocycles. The first-order chi connectivity index (χ1) is 12.6. The van der Waals surface area contributed by atoms with E-state index in [1.54, 1.807) is 19.2 Å². The zero-order valence-corrected chi connectivity index (χ0v) is 16.9. The maximum Gasteiger partial charge on any atom is 0.416 e. The highest BCUT2D eigenvalue weighted by atomic mass is 79.9. The van der Waals surface area contributed by atoms with Crippen molar-refractivity contribution in [1.82, 2.24) is 14.5 Å². The third-order valence-electron chi connectivity index (χ3n) is 4.59. The van der Waals surface area contributed by atoms with E-state index in [0.29, 0.717) is 22.5 Å². The fraction of sp³-hybridized carbons (Fsp3) is 0.316. The van der Waals surface area contributed by atoms with E-state index in [1.165, 1.54) is 13.0 Å². The minimum absolute atomic E-state index is 0.183. The zero-order valence-electron chi connectivity index (χ0n) is 15.3. The third kappa shape index (κ3) is 3.76. The van der Waals surface area contributed by atoms with E-state index < -0.39 is 17.8 Å². The molecular formula is C19H18BrF3N4. The van der Waals surface area contributed by atoms with Gasteiger partial charge in [0.2, 0.25) is 0 Å². The topological polar surface area (TPSA) is 43.1 Å². The molecule has 0 unspecified atom stereocenters. The molecule has 0 bridgehead atoms. The molecule has 2 heterocycles. The number of aryl methyl sites for hydroxylation is 2. The fourth-order valence-corrected chi connectivity index (χ4v) is 3.40. The summed E-state index contributed by atoms with van der Waals surface area (Å²) in [7, 11) is 1.86. The number of nitrogens with zero attached hydrogens (tertiary/aromatic N) is 4. The molecule has 0 spiro atoms. The van der Waals surface area contributed by atoms with Crippen LogP contribution in [0.5, 0.6) is 0 Å². The molecule has 3 aromatic rings. The Morgan fingerprint density at radius 1 is 1.22 bits per heavy atom. The first-order valence-electron chi connectivity index (χ1n) is 8.29. The lowest BCUT2D eigenvalue weighted by molar-refractivity contribution is -0.138. The molecule has 1 atom stereocenters. The van der Waals surface area contributed by atoms with E-state index in [9.17, 15) is 13.2 Å². The number of rotatable bonds is 2. The van der Waals surface area contributed by atoms with Crippen LogP contribution >= 0.6 is 15.9 Å². The van der Waals surface area contributed by atoms with Crippen molar-refractivity contribution >= 4 is 27.0 Å². The van der Waals surface area contributed by atoms with Crippen LogP contribution in [0.4, 0.5) is 13.2 Å². The Morgan fingerprint density at radius 2 is 1.93 bits per heavy atom. The van der Waals surface area contributed by atoms with Crippen LogP contribution in [-0.2, 0) is 13.2 Å². The molecule has 0 fully saturated rings. The Balaban J connectivity index is 2.21. The van der Waals surface area contributed by atoms with Crippen molar-refractivity contribution in [2.75, 3.05) is 0 Å². The molecule has 8 heteroatoms. The number of hydrogen-bond acceptors (Lipinski definition) is 3. The second kappa shape index (κ2) is 7.07. The number of pyridine rings is 1. The Kier molecular flexibility index (Phi) is 5.12. The van der Waals surface area contributed by atoms with Crippen LogP contribution in [0.2, 0.25) is 0 Å². The van der Waals surface area contributed by atoms with Crippen LogP contribution in [-0.4, -0.2) is 14.5 Å². The van der Waals surface area contributed by atoms with Crippen molar-refractivity contribution < 1.29 is 13.2 Å². The SMILES string of the molecule is Cc1c([C@@H](C)/N=c2\nc(C)n(C)c3ncc(Br)cc23)cccc1C(F)(F)F. The van der Waals surface area contributed by atoms with E-state index in [0.717, 1.165) is 15.9 Å². The van der Waals surface area contributed by atoms with E-state index >= 15 is 0 Å². The Bertz CT molecular complexity index is 1090. The molecule has 1 aromatic carbocycles. The van der Waals surface area contributed by atoms with Crippen LogP contribution < -0.4 is 5.49 Å². The van der Waals surface area contributed by atoms with E-state index in [1.807, 2.05) is 24.6 Å². The van der Waals surface area contributed by atoms with Gasteiger partial charge in [0.05, 0.1) is 17.0 Å². The molecule has 0 aliphatic rings. The number of hydrogen-bond donors (Lipinski definition) is 0. The third-order valence-corrected chi connectivity index (χ3v) is 5.03. The molecule has 2 aromatic heterocycles. The summed E-state index contributed by atoms with van der Waals surface area (Å²) >= 11 is 3.40. The lowest BCUT2D eigenvalue weighted by Gasteiger charge is -2.16. The largest absolute Gasteiger partial charge is 0.416 e. The first kappa shape index (κ1) is 19.5.